The second-order valence-corrected chi connectivity index (χ2v) is 5.19. The van der Waals surface area contributed by atoms with Crippen LogP contribution in [-0.2, 0) is 12.8 Å². The fourth-order valence-corrected chi connectivity index (χ4v) is 2.76. The number of Topliss-reactive ketones (excluding diaryl/α,β-unsaturated/α-hetero) is 1. The van der Waals surface area contributed by atoms with Crippen LogP contribution in [0.15, 0.2) is 12.1 Å². The minimum absolute atomic E-state index is 0.00497. The summed E-state index contributed by atoms with van der Waals surface area (Å²) in [6, 6.07) is 4.07. The highest BCUT2D eigenvalue weighted by molar-refractivity contribution is 9.10. The number of aryl methyl sites for hydroxylation is 1. The van der Waals surface area contributed by atoms with Gasteiger partial charge in [0.15, 0.2) is 5.78 Å². The van der Waals surface area contributed by atoms with Gasteiger partial charge in [-0.15, -0.1) is 0 Å². The van der Waals surface area contributed by atoms with Crippen LogP contribution in [0.1, 0.15) is 27.9 Å². The molecule has 0 fully saturated rings. The molecule has 0 N–H and O–H groups in total. The standard InChI is InChI=1S/C12H11BrO2/c13-10-2-1-7-6-11-8(3-4-15-11)5-9(7)12(10)14/h5-6,10H,1-4H2. The van der Waals surface area contributed by atoms with Crippen molar-refractivity contribution in [2.24, 2.45) is 0 Å². The molecule has 1 atom stereocenters. The Labute approximate surface area is 96.8 Å². The monoisotopic (exact) mass is 266 g/mol. The van der Waals surface area contributed by atoms with Crippen molar-refractivity contribution in [2.75, 3.05) is 6.61 Å². The molecule has 0 saturated heterocycles. The lowest BCUT2D eigenvalue weighted by atomic mass is 9.89. The molecule has 15 heavy (non-hydrogen) atoms. The van der Waals surface area contributed by atoms with Crippen molar-refractivity contribution >= 4 is 21.7 Å². The first-order valence-electron chi connectivity index (χ1n) is 5.22. The molecular formula is C12H11BrO2. The van der Waals surface area contributed by atoms with Crippen molar-refractivity contribution in [3.8, 4) is 5.75 Å². The molecule has 0 radical (unpaired) electrons. The van der Waals surface area contributed by atoms with Crippen LogP contribution in [0.3, 0.4) is 0 Å². The highest BCUT2D eigenvalue weighted by atomic mass is 79.9. The number of carbonyl (C=O) groups is 1. The van der Waals surface area contributed by atoms with Crippen molar-refractivity contribution < 1.29 is 9.53 Å². The molecule has 1 unspecified atom stereocenters. The zero-order valence-corrected chi connectivity index (χ0v) is 9.84. The fourth-order valence-electron chi connectivity index (χ4n) is 2.29. The van der Waals surface area contributed by atoms with Gasteiger partial charge < -0.3 is 4.74 Å². The summed E-state index contributed by atoms with van der Waals surface area (Å²) >= 11 is 3.42. The summed E-state index contributed by atoms with van der Waals surface area (Å²) in [4.78, 5) is 11.9. The normalized spacial score (nSPS) is 23.3. The highest BCUT2D eigenvalue weighted by Crippen LogP contribution is 2.33. The van der Waals surface area contributed by atoms with Crippen molar-refractivity contribution in [2.45, 2.75) is 24.1 Å². The van der Waals surface area contributed by atoms with Crippen LogP contribution in [-0.4, -0.2) is 17.2 Å². The Kier molecular flexibility index (Phi) is 2.09. The maximum absolute atomic E-state index is 11.9. The minimum Gasteiger partial charge on any atom is -0.493 e. The van der Waals surface area contributed by atoms with Gasteiger partial charge in [-0.25, -0.2) is 0 Å². The Morgan fingerprint density at radius 1 is 1.27 bits per heavy atom. The fraction of sp³-hybridized carbons (Fsp3) is 0.417. The predicted octanol–water partition coefficient (Wildman–Crippen LogP) is 2.51. The lowest BCUT2D eigenvalue weighted by molar-refractivity contribution is 0.0981. The maximum Gasteiger partial charge on any atom is 0.176 e. The first-order valence-corrected chi connectivity index (χ1v) is 6.14. The number of ether oxygens (including phenoxy) is 1. The zero-order chi connectivity index (χ0) is 10.4. The van der Waals surface area contributed by atoms with Gasteiger partial charge in [-0.1, -0.05) is 15.9 Å². The van der Waals surface area contributed by atoms with Crippen LogP contribution >= 0.6 is 15.9 Å². The number of carbonyl (C=O) groups excluding carboxylic acids is 1. The molecule has 0 spiro atoms. The molecule has 2 nitrogen and oxygen atoms in total. The molecule has 1 aromatic rings. The van der Waals surface area contributed by atoms with Crippen LogP contribution in [0.4, 0.5) is 0 Å². The number of hydrogen-bond acceptors (Lipinski definition) is 2. The predicted molar refractivity (Wildman–Crippen MR) is 61.0 cm³/mol. The topological polar surface area (TPSA) is 26.3 Å². The molecule has 2 aliphatic rings. The highest BCUT2D eigenvalue weighted by Gasteiger charge is 2.27. The molecule has 1 heterocycles. The Bertz CT molecular complexity index is 439. The van der Waals surface area contributed by atoms with Gasteiger partial charge in [0.05, 0.1) is 11.4 Å². The maximum atomic E-state index is 11.9. The summed E-state index contributed by atoms with van der Waals surface area (Å²) in [6.07, 6.45) is 2.79. The van der Waals surface area contributed by atoms with Crippen molar-refractivity contribution in [3.63, 3.8) is 0 Å². The van der Waals surface area contributed by atoms with Crippen LogP contribution in [0, 0.1) is 0 Å². The second kappa shape index (κ2) is 3.34. The van der Waals surface area contributed by atoms with Crippen LogP contribution in [0.5, 0.6) is 5.75 Å². The van der Waals surface area contributed by atoms with E-state index in [1.54, 1.807) is 0 Å². The van der Waals surface area contributed by atoms with Gasteiger partial charge in [-0.3, -0.25) is 4.79 Å². The van der Waals surface area contributed by atoms with E-state index in [9.17, 15) is 4.79 Å². The third-order valence-corrected chi connectivity index (χ3v) is 4.01. The van der Waals surface area contributed by atoms with Crippen LogP contribution in [0.25, 0.3) is 0 Å². The molecule has 0 amide bonds. The van der Waals surface area contributed by atoms with E-state index in [0.717, 1.165) is 42.7 Å². The number of halogens is 1. The zero-order valence-electron chi connectivity index (χ0n) is 8.25. The van der Waals surface area contributed by atoms with Gasteiger partial charge in [0.2, 0.25) is 0 Å². The number of fused-ring (bicyclic) bond motifs is 2. The van der Waals surface area contributed by atoms with Crippen molar-refractivity contribution in [1.29, 1.82) is 0 Å². The molecule has 1 aliphatic heterocycles. The first kappa shape index (κ1) is 9.40. The molecule has 3 rings (SSSR count). The van der Waals surface area contributed by atoms with E-state index in [2.05, 4.69) is 22.0 Å². The van der Waals surface area contributed by atoms with Gasteiger partial charge >= 0.3 is 0 Å². The lowest BCUT2D eigenvalue weighted by Gasteiger charge is -2.19. The van der Waals surface area contributed by atoms with Gasteiger partial charge in [0.1, 0.15) is 5.75 Å². The Balaban J connectivity index is 2.14. The number of rotatable bonds is 0. The second-order valence-electron chi connectivity index (χ2n) is 4.09. The summed E-state index contributed by atoms with van der Waals surface area (Å²) in [5, 5.41) is 0. The third kappa shape index (κ3) is 1.41. The van der Waals surface area contributed by atoms with Gasteiger partial charge in [0.25, 0.3) is 0 Å². The van der Waals surface area contributed by atoms with E-state index < -0.39 is 0 Å². The molecule has 1 aliphatic carbocycles. The summed E-state index contributed by atoms with van der Waals surface area (Å²) < 4.78 is 5.50. The van der Waals surface area contributed by atoms with E-state index in [4.69, 9.17) is 4.74 Å². The summed E-state index contributed by atoms with van der Waals surface area (Å²) in [5.41, 5.74) is 3.23. The van der Waals surface area contributed by atoms with E-state index in [1.165, 1.54) is 5.56 Å². The number of alkyl halides is 1. The Morgan fingerprint density at radius 2 is 2.13 bits per heavy atom. The van der Waals surface area contributed by atoms with E-state index in [1.807, 2.05) is 6.07 Å². The first-order chi connectivity index (χ1) is 7.25. The SMILES string of the molecule is O=C1c2cc3c(cc2CCC1Br)OCC3. The summed E-state index contributed by atoms with van der Waals surface area (Å²) in [5.74, 6) is 1.21. The van der Waals surface area contributed by atoms with E-state index >= 15 is 0 Å². The molecule has 3 heteroatoms. The Hall–Kier alpha value is -0.830. The number of benzene rings is 1. The van der Waals surface area contributed by atoms with Gasteiger partial charge in [0, 0.05) is 12.0 Å². The number of ketones is 1. The van der Waals surface area contributed by atoms with Crippen LogP contribution < -0.4 is 4.74 Å². The number of hydrogen-bond donors (Lipinski definition) is 0. The smallest absolute Gasteiger partial charge is 0.176 e. The largest absolute Gasteiger partial charge is 0.493 e. The van der Waals surface area contributed by atoms with Crippen molar-refractivity contribution in [3.05, 3.63) is 28.8 Å². The Morgan fingerprint density at radius 3 is 3.00 bits per heavy atom. The third-order valence-electron chi connectivity index (χ3n) is 3.13. The average molecular weight is 267 g/mol. The van der Waals surface area contributed by atoms with Gasteiger partial charge in [-0.05, 0) is 36.1 Å². The minimum atomic E-state index is 0.00497. The van der Waals surface area contributed by atoms with Gasteiger partial charge in [-0.2, -0.15) is 0 Å². The molecule has 0 aromatic heterocycles. The summed E-state index contributed by atoms with van der Waals surface area (Å²) in [7, 11) is 0. The van der Waals surface area contributed by atoms with E-state index in [-0.39, 0.29) is 10.6 Å². The quantitative estimate of drug-likeness (QED) is 0.675. The molecule has 78 valence electrons. The van der Waals surface area contributed by atoms with Crippen LogP contribution in [0.2, 0.25) is 0 Å². The van der Waals surface area contributed by atoms with E-state index in [0.29, 0.717) is 0 Å². The summed E-state index contributed by atoms with van der Waals surface area (Å²) in [6.45, 7) is 0.754. The lowest BCUT2D eigenvalue weighted by Crippen LogP contribution is -2.22. The average Bonchev–Trinajstić information content (AvgIpc) is 2.68. The molecular weight excluding hydrogens is 256 g/mol. The van der Waals surface area contributed by atoms with Crippen molar-refractivity contribution in [1.82, 2.24) is 0 Å². The molecule has 0 bridgehead atoms. The molecule has 0 saturated carbocycles. The molecule has 1 aromatic carbocycles.